The van der Waals surface area contributed by atoms with E-state index in [1.54, 1.807) is 17.3 Å². The third kappa shape index (κ3) is 3.44. The molecule has 0 N–H and O–H groups in total. The Morgan fingerprint density at radius 3 is 2.63 bits per heavy atom. The number of fused-ring (bicyclic) bond motifs is 1. The number of likely N-dealkylation sites (tertiary alicyclic amines) is 1. The number of carbonyl (C=O) groups excluding carboxylic acids is 2. The summed E-state index contributed by atoms with van der Waals surface area (Å²) in [6.07, 6.45) is 9.98. The summed E-state index contributed by atoms with van der Waals surface area (Å²) < 4.78 is 1.85. The minimum absolute atomic E-state index is 0.0641. The van der Waals surface area contributed by atoms with E-state index in [0.717, 1.165) is 67.2 Å². The van der Waals surface area contributed by atoms with Crippen LogP contribution in [0.4, 0.5) is 0 Å². The largest absolute Gasteiger partial charge is 0.342 e. The molecule has 2 aromatic heterocycles. The third-order valence-corrected chi connectivity index (χ3v) is 7.84. The fourth-order valence-electron chi connectivity index (χ4n) is 5.41. The molecular formula is C26H27N7O2. The molecular weight excluding hydrogens is 442 g/mol. The van der Waals surface area contributed by atoms with Crippen molar-refractivity contribution in [1.82, 2.24) is 29.5 Å². The van der Waals surface area contributed by atoms with Crippen molar-refractivity contribution >= 4 is 28.6 Å². The van der Waals surface area contributed by atoms with Crippen LogP contribution in [0.2, 0.25) is 0 Å². The van der Waals surface area contributed by atoms with E-state index in [4.69, 9.17) is 4.99 Å². The van der Waals surface area contributed by atoms with E-state index in [1.807, 2.05) is 35.0 Å². The maximum atomic E-state index is 13.3. The number of aryl methyl sites for hydroxylation is 1. The molecule has 35 heavy (non-hydrogen) atoms. The molecule has 0 bridgehead atoms. The Kier molecular flexibility index (Phi) is 4.40. The van der Waals surface area contributed by atoms with Gasteiger partial charge in [0.05, 0.1) is 11.7 Å². The van der Waals surface area contributed by atoms with Crippen molar-refractivity contribution in [1.29, 1.82) is 0 Å². The molecule has 2 aliphatic heterocycles. The third-order valence-electron chi connectivity index (χ3n) is 7.84. The monoisotopic (exact) mass is 469 g/mol. The quantitative estimate of drug-likeness (QED) is 0.572. The maximum absolute atomic E-state index is 13.3. The number of carbonyl (C=O) groups is 2. The van der Waals surface area contributed by atoms with Gasteiger partial charge in [0.1, 0.15) is 5.54 Å². The van der Waals surface area contributed by atoms with Crippen molar-refractivity contribution in [2.75, 3.05) is 19.6 Å². The molecule has 178 valence electrons. The molecule has 3 aromatic rings. The van der Waals surface area contributed by atoms with Crippen molar-refractivity contribution in [2.45, 2.75) is 37.6 Å². The topological polar surface area (TPSA) is 96.6 Å². The Hall–Kier alpha value is -3.62. The van der Waals surface area contributed by atoms with E-state index in [0.29, 0.717) is 18.2 Å². The first-order chi connectivity index (χ1) is 17.0. The van der Waals surface area contributed by atoms with Crippen molar-refractivity contribution in [3.8, 4) is 11.1 Å². The summed E-state index contributed by atoms with van der Waals surface area (Å²) in [5, 5.41) is 5.37. The number of hydrogen-bond acceptors (Lipinski definition) is 6. The van der Waals surface area contributed by atoms with Crippen LogP contribution in [0.15, 0.2) is 41.8 Å². The van der Waals surface area contributed by atoms with Crippen LogP contribution in [0.1, 0.15) is 37.9 Å². The summed E-state index contributed by atoms with van der Waals surface area (Å²) in [5.74, 6) is 1.90. The Morgan fingerprint density at radius 2 is 1.89 bits per heavy atom. The van der Waals surface area contributed by atoms with Gasteiger partial charge in [-0.2, -0.15) is 5.10 Å². The molecule has 9 heteroatoms. The van der Waals surface area contributed by atoms with Gasteiger partial charge in [0.25, 0.3) is 5.91 Å². The van der Waals surface area contributed by atoms with Crippen LogP contribution < -0.4 is 0 Å². The molecule has 1 saturated heterocycles. The summed E-state index contributed by atoms with van der Waals surface area (Å²) in [5.41, 5.74) is 2.38. The molecule has 0 radical (unpaired) electrons. The van der Waals surface area contributed by atoms with Gasteiger partial charge in [-0.25, -0.2) is 15.0 Å². The van der Waals surface area contributed by atoms with Gasteiger partial charge in [-0.3, -0.25) is 19.2 Å². The molecule has 2 amide bonds. The molecule has 1 aromatic carbocycles. The molecule has 4 heterocycles. The fourth-order valence-corrected chi connectivity index (χ4v) is 5.41. The zero-order valence-corrected chi connectivity index (χ0v) is 19.7. The number of amidine groups is 1. The number of hydrogen-bond donors (Lipinski definition) is 0. The van der Waals surface area contributed by atoms with Gasteiger partial charge < -0.3 is 4.90 Å². The highest BCUT2D eigenvalue weighted by Crippen LogP contribution is 2.46. The first kappa shape index (κ1) is 20.7. The van der Waals surface area contributed by atoms with Gasteiger partial charge in [-0.05, 0) is 55.7 Å². The van der Waals surface area contributed by atoms with Crippen LogP contribution in [-0.2, 0) is 16.6 Å². The van der Waals surface area contributed by atoms with Crippen LogP contribution in [0.25, 0.3) is 22.0 Å². The average molecular weight is 470 g/mol. The predicted octanol–water partition coefficient (Wildman–Crippen LogP) is 2.41. The summed E-state index contributed by atoms with van der Waals surface area (Å²) in [7, 11) is 1.93. The SMILES string of the molecule is Cn1ncc2cc(-c3cnc(C4=NC5(CC5)C(=O)N4CC4CCN(C(=O)C5CC5)C4)nc3)ccc21. The highest BCUT2D eigenvalue weighted by molar-refractivity contribution is 6.15. The molecule has 1 unspecified atom stereocenters. The second-order valence-electron chi connectivity index (χ2n) is 10.4. The summed E-state index contributed by atoms with van der Waals surface area (Å²) in [6.45, 7) is 2.07. The van der Waals surface area contributed by atoms with Gasteiger partial charge in [0.2, 0.25) is 5.91 Å². The average Bonchev–Trinajstić information content (AvgIpc) is 3.78. The van der Waals surface area contributed by atoms with E-state index in [9.17, 15) is 9.59 Å². The van der Waals surface area contributed by atoms with E-state index in [-0.39, 0.29) is 23.7 Å². The van der Waals surface area contributed by atoms with Crippen LogP contribution in [0, 0.1) is 11.8 Å². The van der Waals surface area contributed by atoms with Crippen molar-refractivity contribution in [3.63, 3.8) is 0 Å². The second-order valence-corrected chi connectivity index (χ2v) is 10.4. The molecule has 2 saturated carbocycles. The Bertz CT molecular complexity index is 1380. The lowest BCUT2D eigenvalue weighted by atomic mass is 10.1. The molecule has 1 spiro atoms. The lowest BCUT2D eigenvalue weighted by molar-refractivity contribution is -0.131. The Labute approximate surface area is 202 Å². The molecule has 1 atom stereocenters. The lowest BCUT2D eigenvalue weighted by Gasteiger charge is -2.23. The van der Waals surface area contributed by atoms with Crippen LogP contribution in [0.3, 0.4) is 0 Å². The Morgan fingerprint density at radius 1 is 1.09 bits per heavy atom. The Balaban J connectivity index is 1.12. The van der Waals surface area contributed by atoms with E-state index < -0.39 is 5.54 Å². The zero-order chi connectivity index (χ0) is 23.7. The van der Waals surface area contributed by atoms with E-state index >= 15 is 0 Å². The molecule has 9 nitrogen and oxygen atoms in total. The van der Waals surface area contributed by atoms with Crippen molar-refractivity contribution in [3.05, 3.63) is 42.6 Å². The van der Waals surface area contributed by atoms with Gasteiger partial charge in [0.15, 0.2) is 11.7 Å². The van der Waals surface area contributed by atoms with E-state index in [1.165, 1.54) is 0 Å². The molecule has 2 aliphatic carbocycles. The van der Waals surface area contributed by atoms with Crippen molar-refractivity contribution < 1.29 is 9.59 Å². The first-order valence-electron chi connectivity index (χ1n) is 12.5. The lowest BCUT2D eigenvalue weighted by Crippen LogP contribution is -2.41. The summed E-state index contributed by atoms with van der Waals surface area (Å²) in [6, 6.07) is 6.17. The smallest absolute Gasteiger partial charge is 0.256 e. The highest BCUT2D eigenvalue weighted by Gasteiger charge is 2.58. The number of nitrogens with zero attached hydrogens (tertiary/aromatic N) is 7. The normalized spacial score (nSPS) is 22.9. The van der Waals surface area contributed by atoms with E-state index in [2.05, 4.69) is 21.1 Å². The molecule has 3 fully saturated rings. The number of rotatable bonds is 5. The number of aliphatic imine (C=N–C) groups is 1. The zero-order valence-electron chi connectivity index (χ0n) is 19.7. The van der Waals surface area contributed by atoms with Crippen LogP contribution in [-0.4, -0.2) is 72.4 Å². The van der Waals surface area contributed by atoms with Crippen LogP contribution >= 0.6 is 0 Å². The number of amides is 2. The van der Waals surface area contributed by atoms with Gasteiger partial charge in [0, 0.05) is 55.9 Å². The van der Waals surface area contributed by atoms with Gasteiger partial charge in [-0.1, -0.05) is 6.07 Å². The summed E-state index contributed by atoms with van der Waals surface area (Å²) >= 11 is 0. The summed E-state index contributed by atoms with van der Waals surface area (Å²) in [4.78, 5) is 43.6. The predicted molar refractivity (Wildman–Crippen MR) is 129 cm³/mol. The fraction of sp³-hybridized carbons (Fsp3) is 0.462. The van der Waals surface area contributed by atoms with Gasteiger partial charge in [-0.15, -0.1) is 0 Å². The van der Waals surface area contributed by atoms with Crippen LogP contribution in [0.5, 0.6) is 0 Å². The highest BCUT2D eigenvalue weighted by atomic mass is 16.2. The van der Waals surface area contributed by atoms with Gasteiger partial charge >= 0.3 is 0 Å². The minimum Gasteiger partial charge on any atom is -0.342 e. The minimum atomic E-state index is -0.606. The number of benzene rings is 1. The first-order valence-corrected chi connectivity index (χ1v) is 12.5. The maximum Gasteiger partial charge on any atom is 0.256 e. The second kappa shape index (κ2) is 7.44. The standard InChI is InChI=1S/C26H27N7O2/c1-31-21-5-4-18(10-19(21)13-29-31)20-11-27-22(28-12-20)23-30-26(7-8-26)25(35)33(23)15-16-6-9-32(14-16)24(34)17-2-3-17/h4-5,10-13,16-17H,2-3,6-9,14-15H2,1H3. The van der Waals surface area contributed by atoms with Crippen molar-refractivity contribution in [2.24, 2.45) is 23.9 Å². The molecule has 7 rings (SSSR count). The number of aromatic nitrogens is 4. The molecule has 4 aliphatic rings.